The first kappa shape index (κ1) is 17.1. The molecule has 1 unspecified atom stereocenters. The number of para-hydroxylation sites is 2. The van der Waals surface area contributed by atoms with E-state index in [1.807, 2.05) is 24.3 Å². The van der Waals surface area contributed by atoms with Gasteiger partial charge in [-0.05, 0) is 23.6 Å². The summed E-state index contributed by atoms with van der Waals surface area (Å²) in [7, 11) is 0. The Bertz CT molecular complexity index is 929. The molecule has 3 N–H and O–H groups in total. The van der Waals surface area contributed by atoms with Gasteiger partial charge in [-0.2, -0.15) is 0 Å². The first-order valence-electron chi connectivity index (χ1n) is 8.70. The van der Waals surface area contributed by atoms with Crippen LogP contribution in [-0.4, -0.2) is 10.8 Å². The van der Waals surface area contributed by atoms with Crippen LogP contribution in [0.5, 0.6) is 0 Å². The lowest BCUT2D eigenvalue weighted by Crippen LogP contribution is -2.68. The smallest absolute Gasteiger partial charge is 0.227 e. The molecule has 1 aliphatic carbocycles. The number of hydrogen-bond donors (Lipinski definition) is 3. The van der Waals surface area contributed by atoms with Crippen LogP contribution in [0.15, 0.2) is 53.8 Å². The molecule has 0 radical (unpaired) electrons. The summed E-state index contributed by atoms with van der Waals surface area (Å²) in [5.41, 5.74) is 3.61. The number of allylic oxidation sites excluding steroid dienone is 1. The highest BCUT2D eigenvalue weighted by atomic mass is 35.5. The van der Waals surface area contributed by atoms with Crippen LogP contribution in [0, 0.1) is 11.2 Å². The van der Waals surface area contributed by atoms with Crippen LogP contribution < -0.4 is 10.3 Å². The first-order chi connectivity index (χ1) is 12.4. The van der Waals surface area contributed by atoms with Gasteiger partial charge in [0.25, 0.3) is 0 Å². The molecule has 0 amide bonds. The Labute approximate surface area is 157 Å². The van der Waals surface area contributed by atoms with E-state index in [1.165, 1.54) is 6.07 Å². The maximum Gasteiger partial charge on any atom is 0.227 e. The molecule has 0 saturated heterocycles. The SMILES string of the molecule is CC1(C)CC2=[NH+]c3ccccc3NC(c3c(F)cccc3Cl)C2=C(O)C1. The van der Waals surface area contributed by atoms with Gasteiger partial charge in [0.15, 0.2) is 5.71 Å². The number of aliphatic hydroxyl groups excluding tert-OH is 1. The van der Waals surface area contributed by atoms with Gasteiger partial charge in [-0.3, -0.25) is 0 Å². The predicted octanol–water partition coefficient (Wildman–Crippen LogP) is 4.43. The number of aliphatic hydroxyl groups is 1. The van der Waals surface area contributed by atoms with Gasteiger partial charge in [0.05, 0.1) is 11.6 Å². The molecular formula is C21H21ClFN2O+. The summed E-state index contributed by atoms with van der Waals surface area (Å²) >= 11 is 6.36. The van der Waals surface area contributed by atoms with E-state index in [0.29, 0.717) is 22.6 Å². The largest absolute Gasteiger partial charge is 0.512 e. The van der Waals surface area contributed by atoms with Gasteiger partial charge in [-0.25, -0.2) is 9.38 Å². The van der Waals surface area contributed by atoms with E-state index in [2.05, 4.69) is 24.2 Å². The van der Waals surface area contributed by atoms with E-state index < -0.39 is 6.04 Å². The van der Waals surface area contributed by atoms with Crippen molar-refractivity contribution in [2.24, 2.45) is 5.41 Å². The Hall–Kier alpha value is -2.33. The first-order valence-corrected chi connectivity index (χ1v) is 9.08. The Kier molecular flexibility index (Phi) is 4.03. The molecular weight excluding hydrogens is 351 g/mol. The van der Waals surface area contributed by atoms with E-state index >= 15 is 0 Å². The number of anilines is 1. The average Bonchev–Trinajstić information content (AvgIpc) is 2.70. The van der Waals surface area contributed by atoms with Crippen LogP contribution in [-0.2, 0) is 0 Å². The van der Waals surface area contributed by atoms with Crippen molar-refractivity contribution < 1.29 is 14.5 Å². The third kappa shape index (κ3) is 2.88. The van der Waals surface area contributed by atoms with Crippen LogP contribution in [0.4, 0.5) is 15.8 Å². The summed E-state index contributed by atoms with van der Waals surface area (Å²) in [6.45, 7) is 4.23. The number of benzene rings is 2. The lowest BCUT2D eigenvalue weighted by molar-refractivity contribution is -0.354. The Morgan fingerprint density at radius 1 is 1.15 bits per heavy atom. The fourth-order valence-electron chi connectivity index (χ4n) is 3.92. The molecule has 1 atom stereocenters. The van der Waals surface area contributed by atoms with Gasteiger partial charge in [0, 0.05) is 29.5 Å². The minimum absolute atomic E-state index is 0.0845. The van der Waals surface area contributed by atoms with Gasteiger partial charge in [0.1, 0.15) is 17.3 Å². The molecule has 5 heteroatoms. The summed E-state index contributed by atoms with van der Waals surface area (Å²) < 4.78 is 14.7. The highest BCUT2D eigenvalue weighted by Crippen LogP contribution is 2.43. The zero-order chi connectivity index (χ0) is 18.5. The number of rotatable bonds is 1. The molecule has 1 aliphatic heterocycles. The lowest BCUT2D eigenvalue weighted by atomic mass is 9.74. The second-order valence-electron chi connectivity index (χ2n) is 7.74. The lowest BCUT2D eigenvalue weighted by Gasteiger charge is -2.32. The summed E-state index contributed by atoms with van der Waals surface area (Å²) in [5, 5.41) is 14.6. The van der Waals surface area contributed by atoms with E-state index in [-0.39, 0.29) is 17.0 Å². The molecule has 0 saturated carbocycles. The van der Waals surface area contributed by atoms with Gasteiger partial charge in [-0.1, -0.05) is 43.6 Å². The number of fused-ring (bicyclic) bond motifs is 2. The van der Waals surface area contributed by atoms with E-state index in [0.717, 1.165) is 23.5 Å². The van der Waals surface area contributed by atoms with Crippen molar-refractivity contribution in [2.45, 2.75) is 32.7 Å². The zero-order valence-electron chi connectivity index (χ0n) is 14.7. The molecule has 0 aromatic heterocycles. The number of halogens is 2. The number of hydrogen-bond acceptors (Lipinski definition) is 2. The van der Waals surface area contributed by atoms with E-state index in [9.17, 15) is 9.50 Å². The third-order valence-corrected chi connectivity index (χ3v) is 5.36. The quantitative estimate of drug-likeness (QED) is 0.694. The van der Waals surface area contributed by atoms with Crippen molar-refractivity contribution in [3.05, 3.63) is 70.2 Å². The van der Waals surface area contributed by atoms with Gasteiger partial charge in [-0.15, -0.1) is 0 Å². The molecule has 2 aliphatic rings. The normalized spacial score (nSPS) is 21.2. The molecule has 2 aromatic carbocycles. The monoisotopic (exact) mass is 371 g/mol. The topological polar surface area (TPSA) is 46.2 Å². The minimum atomic E-state index is -0.564. The Morgan fingerprint density at radius 3 is 2.69 bits per heavy atom. The van der Waals surface area contributed by atoms with Crippen molar-refractivity contribution in [1.82, 2.24) is 0 Å². The molecule has 1 heterocycles. The summed E-state index contributed by atoms with van der Waals surface area (Å²) in [5.74, 6) is -0.118. The standard InChI is InChI=1S/C21H20ClFN2O/c1-21(2)10-16-19(17(26)11-21)20(18-12(22)6-5-7-13(18)23)25-15-9-4-3-8-14(15)24-16/h3-9,20,25-26H,10-11H2,1-2H3/p+1. The molecule has 3 nitrogen and oxygen atoms in total. The second-order valence-corrected chi connectivity index (χ2v) is 8.15. The highest BCUT2D eigenvalue weighted by Gasteiger charge is 2.42. The van der Waals surface area contributed by atoms with Crippen LogP contribution in [0.25, 0.3) is 0 Å². The predicted molar refractivity (Wildman–Crippen MR) is 103 cm³/mol. The fraction of sp³-hybridized carbons (Fsp3) is 0.286. The number of nitrogens with one attached hydrogen (secondary N) is 2. The van der Waals surface area contributed by atoms with Crippen molar-refractivity contribution in [3.8, 4) is 0 Å². The molecule has 0 spiro atoms. The average molecular weight is 372 g/mol. The van der Waals surface area contributed by atoms with Crippen LogP contribution in [0.3, 0.4) is 0 Å². The fourth-order valence-corrected chi connectivity index (χ4v) is 4.19. The van der Waals surface area contributed by atoms with Crippen LogP contribution >= 0.6 is 11.6 Å². The minimum Gasteiger partial charge on any atom is -0.512 e. The summed E-state index contributed by atoms with van der Waals surface area (Å²) in [6.07, 6.45) is 1.29. The van der Waals surface area contributed by atoms with Gasteiger partial charge in [0.2, 0.25) is 5.69 Å². The van der Waals surface area contributed by atoms with E-state index in [1.54, 1.807) is 12.1 Å². The molecule has 0 bridgehead atoms. The van der Waals surface area contributed by atoms with Crippen molar-refractivity contribution >= 4 is 28.7 Å². The summed E-state index contributed by atoms with van der Waals surface area (Å²) in [6, 6.07) is 11.9. The molecule has 2 aromatic rings. The maximum absolute atomic E-state index is 14.7. The van der Waals surface area contributed by atoms with Gasteiger partial charge < -0.3 is 10.4 Å². The Balaban J connectivity index is 1.98. The van der Waals surface area contributed by atoms with Gasteiger partial charge >= 0.3 is 0 Å². The molecule has 0 fully saturated rings. The van der Waals surface area contributed by atoms with E-state index in [4.69, 9.17) is 11.6 Å². The second kappa shape index (κ2) is 6.13. The van der Waals surface area contributed by atoms with Crippen molar-refractivity contribution in [2.75, 3.05) is 5.32 Å². The van der Waals surface area contributed by atoms with Crippen molar-refractivity contribution in [3.63, 3.8) is 0 Å². The molecule has 134 valence electrons. The maximum atomic E-state index is 14.7. The van der Waals surface area contributed by atoms with Crippen LogP contribution in [0.2, 0.25) is 5.02 Å². The Morgan fingerprint density at radius 2 is 1.92 bits per heavy atom. The molecule has 4 rings (SSSR count). The third-order valence-electron chi connectivity index (χ3n) is 5.03. The zero-order valence-corrected chi connectivity index (χ0v) is 15.5. The highest BCUT2D eigenvalue weighted by molar-refractivity contribution is 6.31. The summed E-state index contributed by atoms with van der Waals surface area (Å²) in [4.78, 5) is 3.46. The van der Waals surface area contributed by atoms with Crippen LogP contribution in [0.1, 0.15) is 38.3 Å². The molecule has 26 heavy (non-hydrogen) atoms. The van der Waals surface area contributed by atoms with Crippen molar-refractivity contribution in [1.29, 1.82) is 0 Å².